The number of benzene rings is 1. The number of amides is 1. The van der Waals surface area contributed by atoms with Gasteiger partial charge in [-0.15, -0.1) is 0 Å². The molecule has 0 spiro atoms. The van der Waals surface area contributed by atoms with E-state index in [2.05, 4.69) is 10.4 Å². The highest BCUT2D eigenvalue weighted by Gasteiger charge is 2.19. The van der Waals surface area contributed by atoms with E-state index in [0.29, 0.717) is 28.5 Å². The van der Waals surface area contributed by atoms with Crippen molar-refractivity contribution in [1.29, 1.82) is 0 Å². The first-order valence-electron chi connectivity index (χ1n) is 6.32. The molecule has 0 unspecified atom stereocenters. The highest BCUT2D eigenvalue weighted by Crippen LogP contribution is 2.23. The van der Waals surface area contributed by atoms with Crippen LogP contribution in [0.1, 0.15) is 28.7 Å². The summed E-state index contributed by atoms with van der Waals surface area (Å²) in [6.45, 7) is 3.84. The van der Waals surface area contributed by atoms with Gasteiger partial charge in [-0.05, 0) is 31.0 Å². The Morgan fingerprint density at radius 1 is 1.50 bits per heavy atom. The van der Waals surface area contributed by atoms with Crippen LogP contribution in [0.3, 0.4) is 0 Å². The van der Waals surface area contributed by atoms with E-state index in [9.17, 15) is 4.79 Å². The molecule has 2 aromatic rings. The summed E-state index contributed by atoms with van der Waals surface area (Å²) in [5.74, 6) is -0.289. The van der Waals surface area contributed by atoms with Crippen molar-refractivity contribution < 1.29 is 4.79 Å². The van der Waals surface area contributed by atoms with Crippen molar-refractivity contribution in [3.8, 4) is 0 Å². The third kappa shape index (κ3) is 2.63. The fourth-order valence-electron chi connectivity index (χ4n) is 2.04. The van der Waals surface area contributed by atoms with Crippen molar-refractivity contribution >= 4 is 28.9 Å². The van der Waals surface area contributed by atoms with Crippen LogP contribution in [0.2, 0.25) is 5.02 Å². The molecule has 0 saturated heterocycles. The topological polar surface area (TPSA) is 72.9 Å². The van der Waals surface area contributed by atoms with Gasteiger partial charge in [-0.1, -0.05) is 24.6 Å². The maximum atomic E-state index is 12.4. The van der Waals surface area contributed by atoms with Gasteiger partial charge < -0.3 is 11.1 Å². The van der Waals surface area contributed by atoms with Crippen molar-refractivity contribution in [2.24, 2.45) is 7.05 Å². The van der Waals surface area contributed by atoms with Crippen LogP contribution in [0.15, 0.2) is 18.2 Å². The Kier molecular flexibility index (Phi) is 3.99. The number of hydrogen-bond acceptors (Lipinski definition) is 3. The number of hydrogen-bond donors (Lipinski definition) is 2. The zero-order valence-electron chi connectivity index (χ0n) is 11.7. The van der Waals surface area contributed by atoms with Crippen molar-refractivity contribution in [2.75, 3.05) is 11.1 Å². The molecule has 0 radical (unpaired) electrons. The number of carbonyl (C=O) groups excluding carboxylic acids is 1. The highest BCUT2D eigenvalue weighted by atomic mass is 35.5. The molecule has 0 saturated carbocycles. The van der Waals surface area contributed by atoms with Gasteiger partial charge in [-0.2, -0.15) is 5.10 Å². The number of aryl methyl sites for hydroxylation is 3. The van der Waals surface area contributed by atoms with Gasteiger partial charge in [0.05, 0.1) is 11.4 Å². The molecular formula is C14H17ClN4O. The minimum Gasteiger partial charge on any atom is -0.395 e. The molecule has 1 amide bonds. The van der Waals surface area contributed by atoms with Crippen LogP contribution in [0.4, 0.5) is 11.4 Å². The molecule has 0 aliphatic rings. The molecule has 5 nitrogen and oxygen atoms in total. The molecular weight excluding hydrogens is 276 g/mol. The lowest BCUT2D eigenvalue weighted by Crippen LogP contribution is -2.18. The Morgan fingerprint density at radius 2 is 2.20 bits per heavy atom. The number of nitrogen functional groups attached to an aromatic ring is 1. The lowest BCUT2D eigenvalue weighted by atomic mass is 10.2. The van der Waals surface area contributed by atoms with Gasteiger partial charge in [0.1, 0.15) is 5.69 Å². The average Bonchev–Trinajstić information content (AvgIpc) is 2.68. The number of rotatable bonds is 3. The number of carbonyl (C=O) groups is 1. The van der Waals surface area contributed by atoms with Gasteiger partial charge in [-0.25, -0.2) is 0 Å². The first-order chi connectivity index (χ1) is 9.43. The number of anilines is 2. The predicted octanol–water partition coefficient (Wildman–Crippen LogP) is 2.78. The normalized spacial score (nSPS) is 10.6. The third-order valence-electron chi connectivity index (χ3n) is 3.16. The Bertz CT molecular complexity index is 663. The van der Waals surface area contributed by atoms with E-state index in [-0.39, 0.29) is 5.91 Å². The number of nitrogens with two attached hydrogens (primary N) is 1. The quantitative estimate of drug-likeness (QED) is 0.913. The lowest BCUT2D eigenvalue weighted by Gasteiger charge is -2.09. The summed E-state index contributed by atoms with van der Waals surface area (Å²) in [7, 11) is 1.70. The average molecular weight is 293 g/mol. The van der Waals surface area contributed by atoms with Gasteiger partial charge in [0.15, 0.2) is 0 Å². The standard InChI is InChI=1S/C14H17ClN4O/c1-4-10-12(16)13(19(3)18-10)14(20)17-11-7-9(15)6-5-8(11)2/h5-7H,4,16H2,1-3H3,(H,17,20). The van der Waals surface area contributed by atoms with E-state index < -0.39 is 0 Å². The molecule has 0 atom stereocenters. The van der Waals surface area contributed by atoms with Crippen LogP contribution in [0.5, 0.6) is 0 Å². The highest BCUT2D eigenvalue weighted by molar-refractivity contribution is 6.31. The lowest BCUT2D eigenvalue weighted by molar-refractivity contribution is 0.101. The van der Waals surface area contributed by atoms with Crippen molar-refractivity contribution in [2.45, 2.75) is 20.3 Å². The van der Waals surface area contributed by atoms with E-state index in [4.69, 9.17) is 17.3 Å². The van der Waals surface area contributed by atoms with Crippen LogP contribution < -0.4 is 11.1 Å². The molecule has 0 aliphatic carbocycles. The Hall–Kier alpha value is -2.01. The molecule has 0 fully saturated rings. The van der Waals surface area contributed by atoms with Crippen LogP contribution in [0.25, 0.3) is 0 Å². The van der Waals surface area contributed by atoms with E-state index in [1.54, 1.807) is 19.2 Å². The first kappa shape index (κ1) is 14.4. The molecule has 3 N–H and O–H groups in total. The Balaban J connectivity index is 2.33. The summed E-state index contributed by atoms with van der Waals surface area (Å²) >= 11 is 5.94. The Morgan fingerprint density at radius 3 is 2.80 bits per heavy atom. The molecule has 0 bridgehead atoms. The maximum Gasteiger partial charge on any atom is 0.276 e. The summed E-state index contributed by atoms with van der Waals surface area (Å²) in [6, 6.07) is 5.34. The van der Waals surface area contributed by atoms with Crippen LogP contribution in [-0.4, -0.2) is 15.7 Å². The summed E-state index contributed by atoms with van der Waals surface area (Å²) in [4.78, 5) is 12.4. The van der Waals surface area contributed by atoms with Crippen LogP contribution >= 0.6 is 11.6 Å². The van der Waals surface area contributed by atoms with E-state index >= 15 is 0 Å². The first-order valence-corrected chi connectivity index (χ1v) is 6.70. The number of aromatic nitrogens is 2. The van der Waals surface area contributed by atoms with E-state index in [1.807, 2.05) is 19.9 Å². The zero-order chi connectivity index (χ0) is 14.9. The monoisotopic (exact) mass is 292 g/mol. The summed E-state index contributed by atoms with van der Waals surface area (Å²) in [5, 5.41) is 7.63. The van der Waals surface area contributed by atoms with Crippen molar-refractivity contribution in [1.82, 2.24) is 9.78 Å². The van der Waals surface area contributed by atoms with Gasteiger partial charge in [-0.3, -0.25) is 9.48 Å². The third-order valence-corrected chi connectivity index (χ3v) is 3.39. The fraction of sp³-hybridized carbons (Fsp3) is 0.286. The molecule has 1 aromatic carbocycles. The SMILES string of the molecule is CCc1nn(C)c(C(=O)Nc2cc(Cl)ccc2C)c1N. The molecule has 0 aliphatic heterocycles. The van der Waals surface area contributed by atoms with Crippen molar-refractivity contribution in [3.05, 3.63) is 40.2 Å². The van der Waals surface area contributed by atoms with Gasteiger partial charge in [0, 0.05) is 17.8 Å². The second-order valence-electron chi connectivity index (χ2n) is 4.60. The summed E-state index contributed by atoms with van der Waals surface area (Å²) in [5.41, 5.74) is 9.07. The second-order valence-corrected chi connectivity index (χ2v) is 5.04. The van der Waals surface area contributed by atoms with Crippen LogP contribution in [-0.2, 0) is 13.5 Å². The minimum absolute atomic E-state index is 0.289. The molecule has 20 heavy (non-hydrogen) atoms. The maximum absolute atomic E-state index is 12.4. The Labute approximate surface area is 122 Å². The smallest absolute Gasteiger partial charge is 0.276 e. The van der Waals surface area contributed by atoms with Gasteiger partial charge >= 0.3 is 0 Å². The number of nitrogens with zero attached hydrogens (tertiary/aromatic N) is 2. The van der Waals surface area contributed by atoms with E-state index in [0.717, 1.165) is 11.3 Å². The second kappa shape index (κ2) is 5.54. The summed E-state index contributed by atoms with van der Waals surface area (Å²) < 4.78 is 1.50. The molecule has 6 heteroatoms. The molecule has 106 valence electrons. The van der Waals surface area contributed by atoms with Gasteiger partial charge in [0.25, 0.3) is 5.91 Å². The van der Waals surface area contributed by atoms with Crippen LogP contribution in [0, 0.1) is 6.92 Å². The summed E-state index contributed by atoms with van der Waals surface area (Å²) in [6.07, 6.45) is 0.684. The van der Waals surface area contributed by atoms with Gasteiger partial charge in [0.2, 0.25) is 0 Å². The van der Waals surface area contributed by atoms with Crippen molar-refractivity contribution in [3.63, 3.8) is 0 Å². The fourth-order valence-corrected chi connectivity index (χ4v) is 2.21. The predicted molar refractivity (Wildman–Crippen MR) is 81.1 cm³/mol. The molecule has 2 rings (SSSR count). The number of nitrogens with one attached hydrogen (secondary N) is 1. The molecule has 1 heterocycles. The number of halogens is 1. The molecule has 1 aromatic heterocycles. The largest absolute Gasteiger partial charge is 0.395 e. The minimum atomic E-state index is -0.289. The van der Waals surface area contributed by atoms with E-state index in [1.165, 1.54) is 4.68 Å². The zero-order valence-corrected chi connectivity index (χ0v) is 12.5.